The third-order valence-corrected chi connectivity index (χ3v) is 7.87. The van der Waals surface area contributed by atoms with E-state index in [0.29, 0.717) is 38.5 Å². The molecule has 1 aromatic rings. The van der Waals surface area contributed by atoms with Gasteiger partial charge in [-0.05, 0) is 56.7 Å². The van der Waals surface area contributed by atoms with Crippen LogP contribution in [0.25, 0.3) is 6.08 Å². The maximum atomic E-state index is 12.6. The topological polar surface area (TPSA) is 69.7 Å². The van der Waals surface area contributed by atoms with Crippen LogP contribution in [-0.4, -0.2) is 62.3 Å². The molecule has 2 aliphatic rings. The maximum absolute atomic E-state index is 12.6. The molecule has 2 atom stereocenters. The lowest BCUT2D eigenvalue weighted by Crippen LogP contribution is -2.48. The largest absolute Gasteiger partial charge is 0.354 e. The van der Waals surface area contributed by atoms with Crippen molar-refractivity contribution in [2.24, 2.45) is 11.8 Å². The van der Waals surface area contributed by atoms with Crippen molar-refractivity contribution in [1.29, 1.82) is 0 Å². The molecule has 1 aromatic carbocycles. The molecule has 3 rings (SSSR count). The normalized spacial score (nSPS) is 23.5. The number of hydrogen-bond donors (Lipinski definition) is 1. The Bertz CT molecular complexity index is 817. The fourth-order valence-electron chi connectivity index (χ4n) is 4.34. The highest BCUT2D eigenvalue weighted by Gasteiger charge is 2.30. The minimum Gasteiger partial charge on any atom is -0.354 e. The Hall–Kier alpha value is -1.70. The van der Waals surface area contributed by atoms with Crippen molar-refractivity contribution >= 4 is 22.0 Å². The predicted molar refractivity (Wildman–Crippen MR) is 121 cm³/mol. The highest BCUT2D eigenvalue weighted by molar-refractivity contribution is 7.92. The Labute approximate surface area is 181 Å². The van der Waals surface area contributed by atoms with Gasteiger partial charge in [0.05, 0.1) is 0 Å². The molecule has 0 bridgehead atoms. The van der Waals surface area contributed by atoms with Crippen molar-refractivity contribution < 1.29 is 13.2 Å². The van der Waals surface area contributed by atoms with Crippen LogP contribution >= 0.6 is 0 Å². The first-order valence-electron chi connectivity index (χ1n) is 11.1. The zero-order valence-corrected chi connectivity index (χ0v) is 19.0. The van der Waals surface area contributed by atoms with Gasteiger partial charge in [-0.15, -0.1) is 0 Å². The molecule has 0 saturated carbocycles. The number of piperidine rings is 2. The van der Waals surface area contributed by atoms with Crippen LogP contribution in [0.2, 0.25) is 0 Å². The molecule has 30 heavy (non-hydrogen) atoms. The number of nitrogens with zero attached hydrogens (tertiary/aromatic N) is 2. The second kappa shape index (κ2) is 10.6. The van der Waals surface area contributed by atoms with E-state index >= 15 is 0 Å². The van der Waals surface area contributed by atoms with Crippen LogP contribution in [0.15, 0.2) is 35.7 Å². The van der Waals surface area contributed by atoms with Gasteiger partial charge in [0.25, 0.3) is 0 Å². The fraction of sp³-hybridized carbons (Fsp3) is 0.609. The summed E-state index contributed by atoms with van der Waals surface area (Å²) in [5, 5.41) is 4.37. The summed E-state index contributed by atoms with van der Waals surface area (Å²) in [7, 11) is -3.46. The van der Waals surface area contributed by atoms with Crippen molar-refractivity contribution in [3.63, 3.8) is 0 Å². The van der Waals surface area contributed by atoms with Crippen molar-refractivity contribution in [1.82, 2.24) is 14.5 Å². The first kappa shape index (κ1) is 23.0. The Morgan fingerprint density at radius 2 is 1.87 bits per heavy atom. The molecule has 1 N–H and O–H groups in total. The number of likely N-dealkylation sites (tertiary alicyclic amines) is 1. The summed E-state index contributed by atoms with van der Waals surface area (Å²) in [6.45, 7) is 8.10. The molecule has 0 aromatic heterocycles. The molecule has 2 aliphatic heterocycles. The van der Waals surface area contributed by atoms with Crippen LogP contribution in [0.4, 0.5) is 0 Å². The predicted octanol–water partition coefficient (Wildman–Crippen LogP) is 2.94. The SMILES string of the molecule is CC1CCCN(C(C)CNC(=O)C2CCN(S(=O)(=O)/C=C/c3ccccc3)CC2)C1. The first-order valence-corrected chi connectivity index (χ1v) is 12.6. The van der Waals surface area contributed by atoms with Crippen LogP contribution in [0.1, 0.15) is 45.1 Å². The molecule has 166 valence electrons. The van der Waals surface area contributed by atoms with Gasteiger partial charge in [0, 0.05) is 43.5 Å². The Morgan fingerprint density at radius 1 is 1.17 bits per heavy atom. The Balaban J connectivity index is 1.44. The molecule has 1 amide bonds. The maximum Gasteiger partial charge on any atom is 0.236 e. The summed E-state index contributed by atoms with van der Waals surface area (Å²) in [5.74, 6) is 0.671. The molecule has 6 nitrogen and oxygen atoms in total. The molecule has 2 saturated heterocycles. The smallest absolute Gasteiger partial charge is 0.236 e. The lowest BCUT2D eigenvalue weighted by atomic mass is 9.97. The van der Waals surface area contributed by atoms with Crippen LogP contribution < -0.4 is 5.32 Å². The average molecular weight is 434 g/mol. The molecule has 2 unspecified atom stereocenters. The summed E-state index contributed by atoms with van der Waals surface area (Å²) < 4.78 is 26.7. The quantitative estimate of drug-likeness (QED) is 0.718. The van der Waals surface area contributed by atoms with Crippen molar-refractivity contribution in [3.8, 4) is 0 Å². The summed E-state index contributed by atoms with van der Waals surface area (Å²) in [6, 6.07) is 9.73. The fourth-order valence-corrected chi connectivity index (χ4v) is 5.56. The second-order valence-electron chi connectivity index (χ2n) is 8.77. The number of sulfonamides is 1. The number of rotatable bonds is 7. The van der Waals surface area contributed by atoms with Crippen LogP contribution in [0.5, 0.6) is 0 Å². The third-order valence-electron chi connectivity index (χ3n) is 6.30. The summed E-state index contributed by atoms with van der Waals surface area (Å²) in [4.78, 5) is 15.1. The van der Waals surface area contributed by atoms with Crippen molar-refractivity contribution in [3.05, 3.63) is 41.3 Å². The number of nitrogens with one attached hydrogen (secondary N) is 1. The summed E-state index contributed by atoms with van der Waals surface area (Å²) >= 11 is 0. The minimum absolute atomic E-state index is 0.0591. The molecule has 2 heterocycles. The van der Waals surface area contributed by atoms with E-state index in [1.807, 2.05) is 30.3 Å². The van der Waals surface area contributed by atoms with Gasteiger partial charge in [0.15, 0.2) is 0 Å². The van der Waals surface area contributed by atoms with Gasteiger partial charge in [-0.25, -0.2) is 8.42 Å². The van der Waals surface area contributed by atoms with E-state index in [0.717, 1.165) is 24.6 Å². The summed E-state index contributed by atoms with van der Waals surface area (Å²) in [6.07, 6.45) is 5.28. The lowest BCUT2D eigenvalue weighted by molar-refractivity contribution is -0.126. The monoisotopic (exact) mass is 433 g/mol. The average Bonchev–Trinajstić information content (AvgIpc) is 2.76. The number of carbonyl (C=O) groups excluding carboxylic acids is 1. The minimum atomic E-state index is -3.46. The van der Waals surface area contributed by atoms with E-state index < -0.39 is 10.0 Å². The van der Waals surface area contributed by atoms with E-state index in [1.165, 1.54) is 22.6 Å². The van der Waals surface area contributed by atoms with Gasteiger partial charge in [0.2, 0.25) is 15.9 Å². The molecule has 0 radical (unpaired) electrons. The van der Waals surface area contributed by atoms with Gasteiger partial charge < -0.3 is 5.32 Å². The van der Waals surface area contributed by atoms with Gasteiger partial charge in [0.1, 0.15) is 0 Å². The molecular formula is C23H35N3O3S. The third kappa shape index (κ3) is 6.40. The van der Waals surface area contributed by atoms with E-state index in [9.17, 15) is 13.2 Å². The van der Waals surface area contributed by atoms with Gasteiger partial charge in [-0.3, -0.25) is 9.69 Å². The van der Waals surface area contributed by atoms with Crippen LogP contribution in [0.3, 0.4) is 0 Å². The molecular weight excluding hydrogens is 398 g/mol. The first-order chi connectivity index (χ1) is 14.3. The van der Waals surface area contributed by atoms with Crippen molar-refractivity contribution in [2.45, 2.75) is 45.6 Å². The van der Waals surface area contributed by atoms with Gasteiger partial charge in [-0.1, -0.05) is 37.3 Å². The Kier molecular flexibility index (Phi) is 8.08. The van der Waals surface area contributed by atoms with E-state index in [2.05, 4.69) is 24.1 Å². The van der Waals surface area contributed by atoms with Crippen molar-refractivity contribution in [2.75, 3.05) is 32.7 Å². The number of hydrogen-bond acceptors (Lipinski definition) is 4. The van der Waals surface area contributed by atoms with E-state index in [-0.39, 0.29) is 11.8 Å². The number of carbonyl (C=O) groups is 1. The zero-order chi connectivity index (χ0) is 21.6. The summed E-state index contributed by atoms with van der Waals surface area (Å²) in [5.41, 5.74) is 0.854. The van der Waals surface area contributed by atoms with Gasteiger partial charge >= 0.3 is 0 Å². The molecule has 2 fully saturated rings. The zero-order valence-electron chi connectivity index (χ0n) is 18.2. The second-order valence-corrected chi connectivity index (χ2v) is 10.6. The number of benzene rings is 1. The van der Waals surface area contributed by atoms with E-state index in [4.69, 9.17) is 0 Å². The van der Waals surface area contributed by atoms with Crippen LogP contribution in [0, 0.1) is 11.8 Å². The highest BCUT2D eigenvalue weighted by Crippen LogP contribution is 2.21. The van der Waals surface area contributed by atoms with Crippen LogP contribution in [-0.2, 0) is 14.8 Å². The number of amides is 1. The highest BCUT2D eigenvalue weighted by atomic mass is 32.2. The molecule has 0 spiro atoms. The lowest BCUT2D eigenvalue weighted by Gasteiger charge is -2.36. The van der Waals surface area contributed by atoms with Gasteiger partial charge in [-0.2, -0.15) is 4.31 Å². The standard InChI is InChI=1S/C23H35N3O3S/c1-19-7-6-13-25(18-19)20(2)17-24-23(27)22-10-14-26(15-11-22)30(28,29)16-12-21-8-4-3-5-9-21/h3-5,8-9,12,16,19-20,22H,6-7,10-11,13-15,17-18H2,1-2H3,(H,24,27)/b16-12+. The molecule has 0 aliphatic carbocycles. The molecule has 7 heteroatoms. The van der Waals surface area contributed by atoms with E-state index in [1.54, 1.807) is 6.08 Å². The Morgan fingerprint density at radius 3 is 2.53 bits per heavy atom.